The second-order valence-corrected chi connectivity index (χ2v) is 5.27. The first-order chi connectivity index (χ1) is 7.83. The summed E-state index contributed by atoms with van der Waals surface area (Å²) in [6.45, 7) is 2.62. The summed E-state index contributed by atoms with van der Waals surface area (Å²) in [5, 5.41) is 0. The molecule has 3 aliphatic heterocycles. The number of benzene rings is 1. The minimum Gasteiger partial charge on any atom is -0.399 e. The molecule has 3 aliphatic rings. The highest BCUT2D eigenvalue weighted by atomic mass is 15.2. The molecule has 0 aliphatic carbocycles. The van der Waals surface area contributed by atoms with E-state index < -0.39 is 0 Å². The van der Waals surface area contributed by atoms with Crippen molar-refractivity contribution in [3.05, 3.63) is 29.8 Å². The van der Waals surface area contributed by atoms with Crippen LogP contribution in [0.4, 0.5) is 5.69 Å². The standard InChI is InChI=1S/C14H20N2/c15-14-4-2-1-3-12(14)10-13-9-11-5-7-16(13)8-6-11/h1-4,11,13H,5-10,15H2. The van der Waals surface area contributed by atoms with Gasteiger partial charge in [-0.25, -0.2) is 0 Å². The van der Waals surface area contributed by atoms with E-state index in [2.05, 4.69) is 17.0 Å². The quantitative estimate of drug-likeness (QED) is 0.769. The predicted molar refractivity (Wildman–Crippen MR) is 67.3 cm³/mol. The van der Waals surface area contributed by atoms with E-state index in [1.54, 1.807) is 0 Å². The van der Waals surface area contributed by atoms with Gasteiger partial charge in [-0.2, -0.15) is 0 Å². The van der Waals surface area contributed by atoms with E-state index in [9.17, 15) is 0 Å². The molecule has 0 aromatic heterocycles. The van der Waals surface area contributed by atoms with Crippen LogP contribution in [0.3, 0.4) is 0 Å². The Morgan fingerprint density at radius 1 is 1.19 bits per heavy atom. The van der Waals surface area contributed by atoms with Crippen LogP contribution in [0, 0.1) is 5.92 Å². The number of piperidine rings is 3. The van der Waals surface area contributed by atoms with Crippen LogP contribution in [0.15, 0.2) is 24.3 Å². The number of nitrogen functional groups attached to an aromatic ring is 1. The lowest BCUT2D eigenvalue weighted by Crippen LogP contribution is -2.49. The van der Waals surface area contributed by atoms with Gasteiger partial charge >= 0.3 is 0 Å². The summed E-state index contributed by atoms with van der Waals surface area (Å²) in [6, 6.07) is 9.07. The second kappa shape index (κ2) is 4.10. The summed E-state index contributed by atoms with van der Waals surface area (Å²) in [6.07, 6.45) is 5.36. The van der Waals surface area contributed by atoms with Crippen LogP contribution in [0.1, 0.15) is 24.8 Å². The molecule has 3 heterocycles. The molecular weight excluding hydrogens is 196 g/mol. The molecule has 3 saturated heterocycles. The van der Waals surface area contributed by atoms with Gasteiger partial charge in [-0.3, -0.25) is 0 Å². The van der Waals surface area contributed by atoms with Crippen LogP contribution in [-0.2, 0) is 6.42 Å². The average Bonchev–Trinajstić information content (AvgIpc) is 2.34. The van der Waals surface area contributed by atoms with Crippen LogP contribution >= 0.6 is 0 Å². The minimum atomic E-state index is 0.747. The van der Waals surface area contributed by atoms with E-state index in [4.69, 9.17) is 5.73 Å². The lowest BCUT2D eigenvalue weighted by Gasteiger charge is -2.45. The molecule has 0 radical (unpaired) electrons. The second-order valence-electron chi connectivity index (χ2n) is 5.27. The molecular formula is C14H20N2. The van der Waals surface area contributed by atoms with Crippen molar-refractivity contribution in [2.24, 2.45) is 5.92 Å². The number of fused-ring (bicyclic) bond motifs is 3. The van der Waals surface area contributed by atoms with E-state index >= 15 is 0 Å². The fourth-order valence-corrected chi connectivity index (χ4v) is 3.27. The molecule has 2 N–H and O–H groups in total. The summed E-state index contributed by atoms with van der Waals surface area (Å²) in [7, 11) is 0. The highest BCUT2D eigenvalue weighted by molar-refractivity contribution is 5.46. The summed E-state index contributed by atoms with van der Waals surface area (Å²) >= 11 is 0. The van der Waals surface area contributed by atoms with Crippen molar-refractivity contribution in [3.63, 3.8) is 0 Å². The van der Waals surface area contributed by atoms with E-state index in [0.29, 0.717) is 0 Å². The molecule has 1 aromatic rings. The molecule has 3 fully saturated rings. The van der Waals surface area contributed by atoms with Gasteiger partial charge in [0.2, 0.25) is 0 Å². The van der Waals surface area contributed by atoms with Crippen LogP contribution in [0.25, 0.3) is 0 Å². The van der Waals surface area contributed by atoms with Gasteiger partial charge in [0.1, 0.15) is 0 Å². The van der Waals surface area contributed by atoms with E-state index in [1.807, 2.05) is 12.1 Å². The number of hydrogen-bond acceptors (Lipinski definition) is 2. The Labute approximate surface area is 97.4 Å². The summed E-state index contributed by atoms with van der Waals surface area (Å²) in [4.78, 5) is 2.66. The van der Waals surface area contributed by atoms with E-state index in [1.165, 1.54) is 37.9 Å². The van der Waals surface area contributed by atoms with Crippen LogP contribution in [0.5, 0.6) is 0 Å². The third-order valence-electron chi connectivity index (χ3n) is 4.28. The zero-order valence-electron chi connectivity index (χ0n) is 9.73. The van der Waals surface area contributed by atoms with Gasteiger partial charge < -0.3 is 10.6 Å². The molecule has 2 nitrogen and oxygen atoms in total. The zero-order chi connectivity index (χ0) is 11.0. The number of rotatable bonds is 2. The first-order valence-corrected chi connectivity index (χ1v) is 6.40. The fourth-order valence-electron chi connectivity index (χ4n) is 3.27. The minimum absolute atomic E-state index is 0.747. The van der Waals surface area contributed by atoms with E-state index in [-0.39, 0.29) is 0 Å². The van der Waals surface area contributed by atoms with Gasteiger partial charge in [0.15, 0.2) is 0 Å². The van der Waals surface area contributed by atoms with Crippen LogP contribution in [0.2, 0.25) is 0 Å². The first-order valence-electron chi connectivity index (χ1n) is 6.40. The largest absolute Gasteiger partial charge is 0.399 e. The van der Waals surface area contributed by atoms with Gasteiger partial charge in [0.25, 0.3) is 0 Å². The molecule has 0 spiro atoms. The Bertz CT molecular complexity index is 367. The molecule has 1 atom stereocenters. The molecule has 86 valence electrons. The van der Waals surface area contributed by atoms with Crippen molar-refractivity contribution in [3.8, 4) is 0 Å². The molecule has 1 aromatic carbocycles. The maximum atomic E-state index is 6.02. The molecule has 1 unspecified atom stereocenters. The van der Waals surface area contributed by atoms with Crippen LogP contribution in [-0.4, -0.2) is 24.0 Å². The molecule has 2 bridgehead atoms. The van der Waals surface area contributed by atoms with Gasteiger partial charge in [-0.15, -0.1) is 0 Å². The van der Waals surface area contributed by atoms with E-state index in [0.717, 1.165) is 24.1 Å². The Morgan fingerprint density at radius 2 is 1.94 bits per heavy atom. The van der Waals surface area contributed by atoms with Crippen molar-refractivity contribution < 1.29 is 0 Å². The van der Waals surface area contributed by atoms with Crippen molar-refractivity contribution in [2.45, 2.75) is 31.7 Å². The average molecular weight is 216 g/mol. The highest BCUT2D eigenvalue weighted by Crippen LogP contribution is 2.33. The molecule has 4 rings (SSSR count). The Morgan fingerprint density at radius 3 is 2.56 bits per heavy atom. The SMILES string of the molecule is Nc1ccccc1CC1CC2CCN1CC2. The normalized spacial score (nSPS) is 32.9. The topological polar surface area (TPSA) is 29.3 Å². The third-order valence-corrected chi connectivity index (χ3v) is 4.28. The number of para-hydroxylation sites is 1. The van der Waals surface area contributed by atoms with Crippen molar-refractivity contribution >= 4 is 5.69 Å². The predicted octanol–water partition coefficient (Wildman–Crippen LogP) is 2.30. The van der Waals surface area contributed by atoms with Gasteiger partial charge in [-0.05, 0) is 56.3 Å². The summed E-state index contributed by atoms with van der Waals surface area (Å²) in [5.41, 5.74) is 8.31. The van der Waals surface area contributed by atoms with Crippen molar-refractivity contribution in [2.75, 3.05) is 18.8 Å². The lowest BCUT2D eigenvalue weighted by atomic mass is 9.81. The summed E-state index contributed by atoms with van der Waals surface area (Å²) < 4.78 is 0. The molecule has 0 saturated carbocycles. The summed E-state index contributed by atoms with van der Waals surface area (Å²) in [5.74, 6) is 0.986. The lowest BCUT2D eigenvalue weighted by molar-refractivity contribution is 0.0499. The number of nitrogens with two attached hydrogens (primary N) is 1. The first kappa shape index (κ1) is 10.2. The molecule has 0 amide bonds. The van der Waals surface area contributed by atoms with Crippen LogP contribution < -0.4 is 5.73 Å². The highest BCUT2D eigenvalue weighted by Gasteiger charge is 2.33. The Hall–Kier alpha value is -1.02. The van der Waals surface area contributed by atoms with Crippen molar-refractivity contribution in [1.29, 1.82) is 0 Å². The zero-order valence-corrected chi connectivity index (χ0v) is 9.73. The fraction of sp³-hybridized carbons (Fsp3) is 0.571. The monoisotopic (exact) mass is 216 g/mol. The van der Waals surface area contributed by atoms with Gasteiger partial charge in [0, 0.05) is 11.7 Å². The smallest absolute Gasteiger partial charge is 0.0347 e. The number of hydrogen-bond donors (Lipinski definition) is 1. The van der Waals surface area contributed by atoms with Gasteiger partial charge in [0.05, 0.1) is 0 Å². The molecule has 16 heavy (non-hydrogen) atoms. The maximum Gasteiger partial charge on any atom is 0.0347 e. The van der Waals surface area contributed by atoms with Crippen molar-refractivity contribution in [1.82, 2.24) is 4.90 Å². The number of nitrogens with zero attached hydrogens (tertiary/aromatic N) is 1. The van der Waals surface area contributed by atoms with Gasteiger partial charge in [-0.1, -0.05) is 18.2 Å². The Kier molecular flexibility index (Phi) is 2.60. The molecule has 2 heteroatoms. The third kappa shape index (κ3) is 1.82. The maximum absolute atomic E-state index is 6.02. The number of anilines is 1. The Balaban J connectivity index is 1.73.